The molecule has 0 saturated carbocycles. The summed E-state index contributed by atoms with van der Waals surface area (Å²) in [5.41, 5.74) is 0.926. The van der Waals surface area contributed by atoms with Gasteiger partial charge in [-0.05, 0) is 17.7 Å². The number of hydrogen-bond donors (Lipinski definition) is 2. The SMILES string of the molecule is O=C(O)CC1CN(C(=O)NCc2ccc3c(c2)OCO3)C1. The van der Waals surface area contributed by atoms with E-state index in [1.807, 2.05) is 18.2 Å². The molecule has 1 fully saturated rings. The van der Waals surface area contributed by atoms with Crippen LogP contribution in [0.25, 0.3) is 0 Å². The Bertz CT molecular complexity index is 568. The first-order valence-electron chi connectivity index (χ1n) is 6.75. The second kappa shape index (κ2) is 5.51. The predicted molar refractivity (Wildman–Crippen MR) is 72.1 cm³/mol. The maximum atomic E-state index is 11.9. The number of carbonyl (C=O) groups excluding carboxylic acids is 1. The summed E-state index contributed by atoms with van der Waals surface area (Å²) in [6.07, 6.45) is 0.117. The molecule has 2 heterocycles. The number of carboxylic acids is 1. The number of carbonyl (C=O) groups is 2. The van der Waals surface area contributed by atoms with Crippen molar-refractivity contribution in [2.45, 2.75) is 13.0 Å². The monoisotopic (exact) mass is 292 g/mol. The van der Waals surface area contributed by atoms with E-state index in [1.165, 1.54) is 0 Å². The smallest absolute Gasteiger partial charge is 0.317 e. The first-order chi connectivity index (χ1) is 10.1. The molecule has 112 valence electrons. The largest absolute Gasteiger partial charge is 0.481 e. The van der Waals surface area contributed by atoms with Crippen molar-refractivity contribution in [3.8, 4) is 11.5 Å². The van der Waals surface area contributed by atoms with Gasteiger partial charge in [-0.15, -0.1) is 0 Å². The van der Waals surface area contributed by atoms with Crippen LogP contribution in [0.5, 0.6) is 11.5 Å². The van der Waals surface area contributed by atoms with Gasteiger partial charge in [0.05, 0.1) is 6.42 Å². The number of ether oxygens (including phenoxy) is 2. The molecule has 7 nitrogen and oxygen atoms in total. The molecule has 2 N–H and O–H groups in total. The Labute approximate surface area is 121 Å². The number of benzene rings is 1. The van der Waals surface area contributed by atoms with E-state index in [9.17, 15) is 9.59 Å². The highest BCUT2D eigenvalue weighted by Crippen LogP contribution is 2.32. The fourth-order valence-corrected chi connectivity index (χ4v) is 2.45. The lowest BCUT2D eigenvalue weighted by Crippen LogP contribution is -2.54. The standard InChI is InChI=1S/C14H16N2O5/c17-13(18)4-10-6-16(7-10)14(19)15-5-9-1-2-11-12(3-9)21-8-20-11/h1-3,10H,4-8H2,(H,15,19)(H,17,18). The maximum Gasteiger partial charge on any atom is 0.317 e. The molecule has 2 amide bonds. The van der Waals surface area contributed by atoms with Crippen molar-refractivity contribution in [2.75, 3.05) is 19.9 Å². The van der Waals surface area contributed by atoms with E-state index in [1.54, 1.807) is 4.90 Å². The first kappa shape index (κ1) is 13.5. The van der Waals surface area contributed by atoms with Gasteiger partial charge in [-0.3, -0.25) is 4.79 Å². The van der Waals surface area contributed by atoms with Gasteiger partial charge >= 0.3 is 12.0 Å². The van der Waals surface area contributed by atoms with Crippen molar-refractivity contribution in [2.24, 2.45) is 5.92 Å². The van der Waals surface area contributed by atoms with E-state index in [4.69, 9.17) is 14.6 Å². The Morgan fingerprint density at radius 3 is 2.81 bits per heavy atom. The Hall–Kier alpha value is -2.44. The highest BCUT2D eigenvalue weighted by Gasteiger charge is 2.31. The van der Waals surface area contributed by atoms with Crippen LogP contribution in [0.4, 0.5) is 4.79 Å². The van der Waals surface area contributed by atoms with Gasteiger partial charge in [0.25, 0.3) is 0 Å². The van der Waals surface area contributed by atoms with Crippen molar-refractivity contribution < 1.29 is 24.2 Å². The minimum absolute atomic E-state index is 0.0683. The van der Waals surface area contributed by atoms with E-state index in [0.29, 0.717) is 31.1 Å². The van der Waals surface area contributed by atoms with Crippen LogP contribution in [0.2, 0.25) is 0 Å². The zero-order valence-electron chi connectivity index (χ0n) is 11.4. The summed E-state index contributed by atoms with van der Waals surface area (Å²) >= 11 is 0. The summed E-state index contributed by atoms with van der Waals surface area (Å²) in [6.45, 7) is 1.62. The highest BCUT2D eigenvalue weighted by atomic mass is 16.7. The number of nitrogens with one attached hydrogen (secondary N) is 1. The molecule has 3 rings (SSSR count). The number of aliphatic carboxylic acids is 1. The van der Waals surface area contributed by atoms with E-state index in [-0.39, 0.29) is 25.2 Å². The lowest BCUT2D eigenvalue weighted by atomic mass is 9.97. The fraction of sp³-hybridized carbons (Fsp3) is 0.429. The molecule has 0 radical (unpaired) electrons. The lowest BCUT2D eigenvalue weighted by Gasteiger charge is -2.38. The van der Waals surface area contributed by atoms with E-state index < -0.39 is 5.97 Å². The van der Waals surface area contributed by atoms with Crippen LogP contribution in [0.1, 0.15) is 12.0 Å². The third-order valence-electron chi connectivity index (χ3n) is 3.59. The molecule has 21 heavy (non-hydrogen) atoms. The molecule has 0 spiro atoms. The number of urea groups is 1. The minimum Gasteiger partial charge on any atom is -0.481 e. The molecule has 1 aromatic rings. The molecular formula is C14H16N2O5. The Kier molecular flexibility index (Phi) is 3.55. The summed E-state index contributed by atoms with van der Waals surface area (Å²) in [5, 5.41) is 11.5. The number of nitrogens with zero attached hydrogens (tertiary/aromatic N) is 1. The first-order valence-corrected chi connectivity index (χ1v) is 6.75. The minimum atomic E-state index is -0.819. The number of carboxylic acid groups (broad SMARTS) is 1. The molecule has 0 atom stereocenters. The molecular weight excluding hydrogens is 276 g/mol. The van der Waals surface area contributed by atoms with Crippen molar-refractivity contribution in [1.82, 2.24) is 10.2 Å². The third kappa shape index (κ3) is 3.01. The van der Waals surface area contributed by atoms with Crippen LogP contribution in [-0.4, -0.2) is 41.9 Å². The van der Waals surface area contributed by atoms with Gasteiger partial charge in [-0.1, -0.05) is 6.07 Å². The van der Waals surface area contributed by atoms with Gasteiger partial charge in [-0.2, -0.15) is 0 Å². The molecule has 2 aliphatic rings. The fourth-order valence-electron chi connectivity index (χ4n) is 2.45. The third-order valence-corrected chi connectivity index (χ3v) is 3.59. The van der Waals surface area contributed by atoms with Crippen molar-refractivity contribution in [1.29, 1.82) is 0 Å². The van der Waals surface area contributed by atoms with Gasteiger partial charge in [-0.25, -0.2) is 4.79 Å². The number of rotatable bonds is 4. The zero-order valence-corrected chi connectivity index (χ0v) is 11.4. The van der Waals surface area contributed by atoms with Gasteiger partial charge in [0.1, 0.15) is 0 Å². The number of likely N-dealkylation sites (tertiary alicyclic amines) is 1. The topological polar surface area (TPSA) is 88.1 Å². The number of amides is 2. The average molecular weight is 292 g/mol. The average Bonchev–Trinajstić information content (AvgIpc) is 2.86. The second-order valence-corrected chi connectivity index (χ2v) is 5.22. The zero-order chi connectivity index (χ0) is 14.8. The van der Waals surface area contributed by atoms with E-state index in [2.05, 4.69) is 5.32 Å². The molecule has 1 aromatic carbocycles. The van der Waals surface area contributed by atoms with Crippen LogP contribution >= 0.6 is 0 Å². The van der Waals surface area contributed by atoms with Crippen molar-refractivity contribution in [3.63, 3.8) is 0 Å². The Balaban J connectivity index is 1.45. The van der Waals surface area contributed by atoms with Crippen LogP contribution in [0, 0.1) is 5.92 Å². The van der Waals surface area contributed by atoms with Gasteiger partial charge in [0, 0.05) is 25.6 Å². The lowest BCUT2D eigenvalue weighted by molar-refractivity contribution is -0.139. The molecule has 0 aliphatic carbocycles. The van der Waals surface area contributed by atoms with Gasteiger partial charge < -0.3 is 24.8 Å². The summed E-state index contributed by atoms with van der Waals surface area (Å²) in [7, 11) is 0. The van der Waals surface area contributed by atoms with Crippen molar-refractivity contribution in [3.05, 3.63) is 23.8 Å². The van der Waals surface area contributed by atoms with Gasteiger partial charge in [0.2, 0.25) is 6.79 Å². The molecule has 0 aromatic heterocycles. The van der Waals surface area contributed by atoms with Crippen LogP contribution in [0.15, 0.2) is 18.2 Å². The van der Waals surface area contributed by atoms with E-state index >= 15 is 0 Å². The molecule has 1 saturated heterocycles. The van der Waals surface area contributed by atoms with Gasteiger partial charge in [0.15, 0.2) is 11.5 Å². The normalized spacial score (nSPS) is 16.5. The highest BCUT2D eigenvalue weighted by molar-refractivity contribution is 5.75. The second-order valence-electron chi connectivity index (χ2n) is 5.22. The number of fused-ring (bicyclic) bond motifs is 1. The molecule has 2 aliphatic heterocycles. The van der Waals surface area contributed by atoms with Crippen LogP contribution in [-0.2, 0) is 11.3 Å². The Morgan fingerprint density at radius 1 is 1.29 bits per heavy atom. The van der Waals surface area contributed by atoms with Crippen LogP contribution < -0.4 is 14.8 Å². The number of hydrogen-bond acceptors (Lipinski definition) is 4. The summed E-state index contributed by atoms with van der Waals surface area (Å²) in [5.74, 6) is 0.649. The van der Waals surface area contributed by atoms with Crippen LogP contribution in [0.3, 0.4) is 0 Å². The van der Waals surface area contributed by atoms with Crippen molar-refractivity contribution >= 4 is 12.0 Å². The molecule has 0 bridgehead atoms. The predicted octanol–water partition coefficient (Wildman–Crippen LogP) is 1.03. The maximum absolute atomic E-state index is 11.9. The summed E-state index contributed by atoms with van der Waals surface area (Å²) in [6, 6.07) is 5.36. The molecule has 7 heteroatoms. The molecule has 0 unspecified atom stereocenters. The Morgan fingerprint density at radius 2 is 2.05 bits per heavy atom. The van der Waals surface area contributed by atoms with E-state index in [0.717, 1.165) is 5.56 Å². The quantitative estimate of drug-likeness (QED) is 0.865. The summed E-state index contributed by atoms with van der Waals surface area (Å²) in [4.78, 5) is 24.0. The summed E-state index contributed by atoms with van der Waals surface area (Å²) < 4.78 is 10.5.